The highest BCUT2D eigenvalue weighted by atomic mass is 16.5. The van der Waals surface area contributed by atoms with Gasteiger partial charge in [-0.1, -0.05) is 0 Å². The summed E-state index contributed by atoms with van der Waals surface area (Å²) in [4.78, 5) is 15.1. The van der Waals surface area contributed by atoms with Gasteiger partial charge in [0.1, 0.15) is 0 Å². The number of nitrogens with one attached hydrogen (secondary N) is 1. The number of likely N-dealkylation sites (tertiary alicyclic amines) is 1. The summed E-state index contributed by atoms with van der Waals surface area (Å²) in [6.45, 7) is 3.90. The van der Waals surface area contributed by atoms with Crippen molar-refractivity contribution >= 4 is 5.91 Å². The van der Waals surface area contributed by atoms with Crippen LogP contribution in [0.3, 0.4) is 0 Å². The molecule has 0 spiro atoms. The summed E-state index contributed by atoms with van der Waals surface area (Å²) in [5.74, 6) is 0.154. The highest BCUT2D eigenvalue weighted by Gasteiger charge is 2.41. The van der Waals surface area contributed by atoms with E-state index < -0.39 is 0 Å². The van der Waals surface area contributed by atoms with Crippen LogP contribution in [-0.4, -0.2) is 55.7 Å². The molecule has 2 aliphatic heterocycles. The van der Waals surface area contributed by atoms with Crippen LogP contribution < -0.4 is 11.1 Å². The summed E-state index contributed by atoms with van der Waals surface area (Å²) in [6, 6.07) is 1.12. The van der Waals surface area contributed by atoms with E-state index in [2.05, 4.69) is 10.2 Å². The molecule has 3 N–H and O–H groups in total. The average Bonchev–Trinajstić information content (AvgIpc) is 3.20. The third-order valence-corrected chi connectivity index (χ3v) is 4.94. The van der Waals surface area contributed by atoms with Gasteiger partial charge in [-0.2, -0.15) is 0 Å². The van der Waals surface area contributed by atoms with Gasteiger partial charge < -0.3 is 15.8 Å². The van der Waals surface area contributed by atoms with E-state index in [9.17, 15) is 4.79 Å². The first-order valence-electron chi connectivity index (χ1n) is 7.56. The zero-order chi connectivity index (χ0) is 13.3. The molecule has 0 aromatic carbocycles. The molecular formula is C14H25N3O2. The van der Waals surface area contributed by atoms with Crippen molar-refractivity contribution in [1.82, 2.24) is 10.2 Å². The summed E-state index contributed by atoms with van der Waals surface area (Å²) in [5.41, 5.74) is 5.49. The standard InChI is InChI=1S/C14H25N3O2/c15-10-14(4-7-19-8-5-14)13(18)16-11-3-6-17(9-11)12-1-2-12/h11-12H,1-10,15H2,(H,16,18). The summed E-state index contributed by atoms with van der Waals surface area (Å²) >= 11 is 0. The van der Waals surface area contributed by atoms with Crippen molar-refractivity contribution in [1.29, 1.82) is 0 Å². The molecule has 1 amide bonds. The predicted molar refractivity (Wildman–Crippen MR) is 72.7 cm³/mol. The van der Waals surface area contributed by atoms with Crippen LogP contribution in [0.2, 0.25) is 0 Å². The van der Waals surface area contributed by atoms with Gasteiger partial charge in [0.15, 0.2) is 0 Å². The third-order valence-electron chi connectivity index (χ3n) is 4.94. The van der Waals surface area contributed by atoms with E-state index in [1.165, 1.54) is 12.8 Å². The van der Waals surface area contributed by atoms with Crippen molar-refractivity contribution in [3.05, 3.63) is 0 Å². The van der Waals surface area contributed by atoms with E-state index >= 15 is 0 Å². The van der Waals surface area contributed by atoms with E-state index in [0.717, 1.165) is 38.4 Å². The maximum Gasteiger partial charge on any atom is 0.227 e. The van der Waals surface area contributed by atoms with E-state index in [0.29, 0.717) is 25.8 Å². The van der Waals surface area contributed by atoms with Crippen molar-refractivity contribution in [3.63, 3.8) is 0 Å². The van der Waals surface area contributed by atoms with Crippen LogP contribution >= 0.6 is 0 Å². The van der Waals surface area contributed by atoms with Gasteiger partial charge in [0.25, 0.3) is 0 Å². The molecule has 5 nitrogen and oxygen atoms in total. The predicted octanol–water partition coefficient (Wildman–Crippen LogP) is 0.0948. The lowest BCUT2D eigenvalue weighted by atomic mass is 9.79. The molecular weight excluding hydrogens is 242 g/mol. The molecule has 5 heteroatoms. The molecule has 2 saturated heterocycles. The fourth-order valence-electron chi connectivity index (χ4n) is 3.30. The van der Waals surface area contributed by atoms with Crippen LogP contribution in [0.4, 0.5) is 0 Å². The highest BCUT2D eigenvalue weighted by molar-refractivity contribution is 5.83. The Kier molecular flexibility index (Phi) is 3.78. The molecule has 3 fully saturated rings. The molecule has 1 aliphatic carbocycles. The minimum atomic E-state index is -0.384. The second-order valence-corrected chi connectivity index (χ2v) is 6.28. The fourth-order valence-corrected chi connectivity index (χ4v) is 3.30. The van der Waals surface area contributed by atoms with Crippen LogP contribution in [0.15, 0.2) is 0 Å². The van der Waals surface area contributed by atoms with Gasteiger partial charge in [-0.15, -0.1) is 0 Å². The second-order valence-electron chi connectivity index (χ2n) is 6.28. The number of hydrogen-bond acceptors (Lipinski definition) is 4. The zero-order valence-electron chi connectivity index (χ0n) is 11.6. The number of rotatable bonds is 4. The van der Waals surface area contributed by atoms with Crippen LogP contribution in [-0.2, 0) is 9.53 Å². The van der Waals surface area contributed by atoms with E-state index in [4.69, 9.17) is 10.5 Å². The Balaban J connectivity index is 1.54. The van der Waals surface area contributed by atoms with Crippen LogP contribution in [0, 0.1) is 5.41 Å². The Morgan fingerprint density at radius 3 is 2.68 bits per heavy atom. The summed E-state index contributed by atoms with van der Waals surface area (Å²) < 4.78 is 5.36. The molecule has 3 rings (SSSR count). The lowest BCUT2D eigenvalue weighted by molar-refractivity contribution is -0.136. The lowest BCUT2D eigenvalue weighted by Gasteiger charge is -2.35. The van der Waals surface area contributed by atoms with Crippen LogP contribution in [0.1, 0.15) is 32.1 Å². The van der Waals surface area contributed by atoms with Gasteiger partial charge in [0.2, 0.25) is 5.91 Å². The number of carbonyl (C=O) groups is 1. The Labute approximate surface area is 114 Å². The fraction of sp³-hybridized carbons (Fsp3) is 0.929. The topological polar surface area (TPSA) is 67.6 Å². The van der Waals surface area contributed by atoms with Crippen LogP contribution in [0.25, 0.3) is 0 Å². The minimum absolute atomic E-state index is 0.154. The van der Waals surface area contributed by atoms with Gasteiger partial charge in [-0.3, -0.25) is 9.69 Å². The first-order chi connectivity index (χ1) is 9.23. The SMILES string of the molecule is NCC1(C(=O)NC2CCN(C3CC3)C2)CCOCC1. The van der Waals surface area contributed by atoms with Gasteiger partial charge >= 0.3 is 0 Å². The first-order valence-corrected chi connectivity index (χ1v) is 7.56. The molecule has 2 heterocycles. The molecule has 108 valence electrons. The smallest absolute Gasteiger partial charge is 0.227 e. The van der Waals surface area contributed by atoms with Gasteiger partial charge in [-0.05, 0) is 32.1 Å². The largest absolute Gasteiger partial charge is 0.381 e. The average molecular weight is 267 g/mol. The Morgan fingerprint density at radius 1 is 1.32 bits per heavy atom. The van der Waals surface area contributed by atoms with Crippen molar-refractivity contribution in [2.45, 2.75) is 44.2 Å². The molecule has 0 radical (unpaired) electrons. The molecule has 0 aromatic heterocycles. The Hall–Kier alpha value is -0.650. The molecule has 19 heavy (non-hydrogen) atoms. The molecule has 0 aromatic rings. The first kappa shape index (κ1) is 13.3. The van der Waals surface area contributed by atoms with E-state index in [1.807, 2.05) is 0 Å². The van der Waals surface area contributed by atoms with Crippen molar-refractivity contribution in [2.24, 2.45) is 11.1 Å². The quantitative estimate of drug-likeness (QED) is 0.758. The summed E-state index contributed by atoms with van der Waals surface area (Å²) in [7, 11) is 0. The number of carbonyl (C=O) groups excluding carboxylic acids is 1. The van der Waals surface area contributed by atoms with Crippen molar-refractivity contribution in [3.8, 4) is 0 Å². The Bertz CT molecular complexity index is 338. The maximum atomic E-state index is 12.5. The summed E-state index contributed by atoms with van der Waals surface area (Å²) in [5, 5.41) is 3.24. The minimum Gasteiger partial charge on any atom is -0.381 e. The maximum absolute atomic E-state index is 12.5. The van der Waals surface area contributed by atoms with E-state index in [1.54, 1.807) is 0 Å². The van der Waals surface area contributed by atoms with Gasteiger partial charge in [-0.25, -0.2) is 0 Å². The second kappa shape index (κ2) is 5.38. The van der Waals surface area contributed by atoms with Crippen molar-refractivity contribution < 1.29 is 9.53 Å². The number of ether oxygens (including phenoxy) is 1. The summed E-state index contributed by atoms with van der Waals surface area (Å²) in [6.07, 6.45) is 5.28. The number of hydrogen-bond donors (Lipinski definition) is 2. The van der Waals surface area contributed by atoms with Crippen molar-refractivity contribution in [2.75, 3.05) is 32.8 Å². The third kappa shape index (κ3) is 2.78. The normalized spacial score (nSPS) is 31.3. The van der Waals surface area contributed by atoms with Gasteiger partial charge in [0, 0.05) is 44.9 Å². The van der Waals surface area contributed by atoms with E-state index in [-0.39, 0.29) is 11.3 Å². The number of amides is 1. The highest BCUT2D eigenvalue weighted by Crippen LogP contribution is 2.32. The molecule has 0 bridgehead atoms. The van der Waals surface area contributed by atoms with Gasteiger partial charge in [0.05, 0.1) is 5.41 Å². The number of nitrogens with zero attached hydrogens (tertiary/aromatic N) is 1. The molecule has 1 atom stereocenters. The monoisotopic (exact) mass is 267 g/mol. The lowest BCUT2D eigenvalue weighted by Crippen LogP contribution is -2.52. The molecule has 1 unspecified atom stereocenters. The number of nitrogens with two attached hydrogens (primary N) is 1. The molecule has 3 aliphatic rings. The van der Waals surface area contributed by atoms with Crippen LogP contribution in [0.5, 0.6) is 0 Å². The Morgan fingerprint density at radius 2 is 2.05 bits per heavy atom. The zero-order valence-corrected chi connectivity index (χ0v) is 11.6. The molecule has 1 saturated carbocycles.